The number of carboxylic acid groups (broad SMARTS) is 1. The predicted octanol–water partition coefficient (Wildman–Crippen LogP) is 12.5. The Morgan fingerprint density at radius 3 is 1.48 bits per heavy atom. The summed E-state index contributed by atoms with van der Waals surface area (Å²) < 4.78 is 33.4. The highest BCUT2D eigenvalue weighted by atomic mass is 31.2. The lowest BCUT2D eigenvalue weighted by Gasteiger charge is -2.20. The molecule has 0 fully saturated rings. The van der Waals surface area contributed by atoms with Gasteiger partial charge in [0.25, 0.3) is 0 Å². The molecule has 0 spiro atoms. The van der Waals surface area contributed by atoms with Crippen molar-refractivity contribution < 1.29 is 42.7 Å². The lowest BCUT2D eigenvalue weighted by molar-refractivity contribution is -0.154. The molecule has 0 radical (unpaired) electrons. The quantitative estimate of drug-likeness (QED) is 0.0234. The first-order valence-corrected chi connectivity index (χ1v) is 24.0. The Hall–Kier alpha value is -1.81. The SMILES string of the molecule is CCCCCC/C=C\C/C=C\CCCCCCCC(=O)OC(COCCCCCCCCCC/C=C\CCCCCCCC)COP(=O)(O)OCC(N)C(=O)O. The van der Waals surface area contributed by atoms with Gasteiger partial charge in [0.05, 0.1) is 19.8 Å². The number of phosphoric ester groups is 1. The van der Waals surface area contributed by atoms with Gasteiger partial charge >= 0.3 is 19.8 Å². The van der Waals surface area contributed by atoms with E-state index in [9.17, 15) is 19.0 Å². The Labute approximate surface area is 342 Å². The summed E-state index contributed by atoms with van der Waals surface area (Å²) in [5.74, 6) is -1.79. The Morgan fingerprint density at radius 1 is 0.571 bits per heavy atom. The molecule has 0 saturated heterocycles. The Kier molecular flexibility index (Phi) is 40.0. The van der Waals surface area contributed by atoms with Crippen LogP contribution in [0.1, 0.15) is 200 Å². The van der Waals surface area contributed by atoms with E-state index >= 15 is 0 Å². The highest BCUT2D eigenvalue weighted by molar-refractivity contribution is 7.47. The number of esters is 1. The molecule has 0 aromatic carbocycles. The van der Waals surface area contributed by atoms with Gasteiger partial charge in [-0.3, -0.25) is 18.6 Å². The smallest absolute Gasteiger partial charge is 0.472 e. The van der Waals surface area contributed by atoms with Crippen LogP contribution in [0.3, 0.4) is 0 Å². The summed E-state index contributed by atoms with van der Waals surface area (Å²) in [7, 11) is -4.62. The van der Waals surface area contributed by atoms with Crippen LogP contribution in [-0.2, 0) is 32.7 Å². The van der Waals surface area contributed by atoms with Gasteiger partial charge in [-0.15, -0.1) is 0 Å². The number of carbonyl (C=O) groups excluding carboxylic acids is 1. The third kappa shape index (κ3) is 40.4. The Balaban J connectivity index is 4.24. The van der Waals surface area contributed by atoms with Gasteiger partial charge in [0.15, 0.2) is 0 Å². The van der Waals surface area contributed by atoms with E-state index in [-0.39, 0.29) is 13.0 Å². The topological polar surface area (TPSA) is 155 Å². The van der Waals surface area contributed by atoms with Gasteiger partial charge in [-0.1, -0.05) is 159 Å². The van der Waals surface area contributed by atoms with Crippen molar-refractivity contribution in [3.63, 3.8) is 0 Å². The molecule has 3 unspecified atom stereocenters. The fraction of sp³-hybridized carbons (Fsp3) is 0.822. The number of hydrogen-bond acceptors (Lipinski definition) is 8. The van der Waals surface area contributed by atoms with Crippen molar-refractivity contribution in [1.29, 1.82) is 0 Å². The number of nitrogens with two attached hydrogens (primary N) is 1. The Bertz CT molecular complexity index is 1040. The molecule has 11 heteroatoms. The summed E-state index contributed by atoms with van der Waals surface area (Å²) in [6, 6.07) is -1.48. The zero-order valence-corrected chi connectivity index (χ0v) is 36.6. The van der Waals surface area contributed by atoms with E-state index in [1.807, 2.05) is 0 Å². The number of unbranched alkanes of at least 4 members (excludes halogenated alkanes) is 23. The second kappa shape index (κ2) is 41.4. The molecule has 10 nitrogen and oxygen atoms in total. The third-order valence-electron chi connectivity index (χ3n) is 9.64. The minimum absolute atomic E-state index is 0.00997. The number of aliphatic carboxylic acids is 1. The van der Waals surface area contributed by atoms with Crippen molar-refractivity contribution in [2.45, 2.75) is 212 Å². The minimum Gasteiger partial charge on any atom is -0.480 e. The molecular formula is C45H84NO9P. The van der Waals surface area contributed by atoms with Crippen molar-refractivity contribution >= 4 is 19.8 Å². The molecule has 0 bridgehead atoms. The van der Waals surface area contributed by atoms with Gasteiger partial charge < -0.3 is 25.2 Å². The fourth-order valence-electron chi connectivity index (χ4n) is 6.10. The average molecular weight is 814 g/mol. The monoisotopic (exact) mass is 814 g/mol. The minimum atomic E-state index is -4.62. The number of allylic oxidation sites excluding steroid dienone is 6. The number of phosphoric acid groups is 1. The summed E-state index contributed by atoms with van der Waals surface area (Å²) in [5, 5.41) is 8.90. The first-order chi connectivity index (χ1) is 27.2. The lowest BCUT2D eigenvalue weighted by atomic mass is 10.1. The number of carbonyl (C=O) groups is 2. The standard InChI is InChI=1S/C45H84NO9P/c1-3-5-7-9-11-13-15-17-19-21-22-24-26-28-30-32-34-36-38-52-39-42(40-53-56(50,51)54-41-43(46)45(48)49)55-44(47)37-35-33-31-29-27-25-23-20-18-16-14-12-10-8-6-4-2/h14,16-17,19-20,23,42-43H,3-13,15,18,21-22,24-41,46H2,1-2H3,(H,48,49)(H,50,51)/b16-14-,19-17-,23-20-. The average Bonchev–Trinajstić information content (AvgIpc) is 3.18. The van der Waals surface area contributed by atoms with Gasteiger partial charge in [0, 0.05) is 13.0 Å². The maximum atomic E-state index is 12.6. The van der Waals surface area contributed by atoms with E-state index in [4.69, 9.17) is 29.4 Å². The molecule has 0 saturated carbocycles. The van der Waals surface area contributed by atoms with E-state index in [2.05, 4.69) is 50.3 Å². The van der Waals surface area contributed by atoms with E-state index < -0.39 is 45.1 Å². The van der Waals surface area contributed by atoms with Crippen molar-refractivity contribution in [1.82, 2.24) is 0 Å². The summed E-state index contributed by atoms with van der Waals surface area (Å²) >= 11 is 0. The zero-order valence-electron chi connectivity index (χ0n) is 35.7. The molecule has 0 aliphatic rings. The highest BCUT2D eigenvalue weighted by Crippen LogP contribution is 2.43. The second-order valence-corrected chi connectivity index (χ2v) is 16.6. The molecule has 0 aliphatic heterocycles. The van der Waals surface area contributed by atoms with E-state index in [0.29, 0.717) is 13.0 Å². The molecule has 328 valence electrons. The summed E-state index contributed by atoms with van der Waals surface area (Å²) in [6.07, 6.45) is 46.2. The van der Waals surface area contributed by atoms with Gasteiger partial charge in [0.2, 0.25) is 0 Å². The van der Waals surface area contributed by atoms with Crippen LogP contribution < -0.4 is 5.73 Å². The van der Waals surface area contributed by atoms with Crippen LogP contribution in [0.4, 0.5) is 0 Å². The maximum Gasteiger partial charge on any atom is 0.472 e. The first-order valence-electron chi connectivity index (χ1n) is 22.5. The van der Waals surface area contributed by atoms with E-state index in [1.165, 1.54) is 116 Å². The number of rotatable bonds is 43. The lowest BCUT2D eigenvalue weighted by Crippen LogP contribution is -2.34. The molecule has 4 N–H and O–H groups in total. The molecule has 0 heterocycles. The van der Waals surface area contributed by atoms with Crippen LogP contribution >= 0.6 is 7.82 Å². The van der Waals surface area contributed by atoms with Gasteiger partial charge in [0.1, 0.15) is 12.1 Å². The van der Waals surface area contributed by atoms with Crippen LogP contribution in [0.5, 0.6) is 0 Å². The van der Waals surface area contributed by atoms with E-state index in [0.717, 1.165) is 57.8 Å². The first kappa shape index (κ1) is 54.2. The molecule has 0 aromatic rings. The molecule has 0 amide bonds. The number of ether oxygens (including phenoxy) is 2. The van der Waals surface area contributed by atoms with Crippen molar-refractivity contribution in [3.8, 4) is 0 Å². The molecule has 3 atom stereocenters. The second-order valence-electron chi connectivity index (χ2n) is 15.2. The summed E-state index contributed by atoms with van der Waals surface area (Å²) in [6.45, 7) is 3.85. The van der Waals surface area contributed by atoms with Crippen molar-refractivity contribution in [3.05, 3.63) is 36.5 Å². The molecular weight excluding hydrogens is 729 g/mol. The van der Waals surface area contributed by atoms with E-state index in [1.54, 1.807) is 0 Å². The molecule has 0 aromatic heterocycles. The van der Waals surface area contributed by atoms with Crippen LogP contribution in [0.2, 0.25) is 0 Å². The molecule has 56 heavy (non-hydrogen) atoms. The fourth-order valence-corrected chi connectivity index (χ4v) is 6.88. The largest absolute Gasteiger partial charge is 0.480 e. The Morgan fingerprint density at radius 2 is 0.982 bits per heavy atom. The predicted molar refractivity (Wildman–Crippen MR) is 231 cm³/mol. The molecule has 0 rings (SSSR count). The molecule has 0 aliphatic carbocycles. The third-order valence-corrected chi connectivity index (χ3v) is 10.6. The van der Waals surface area contributed by atoms with Crippen molar-refractivity contribution in [2.24, 2.45) is 5.73 Å². The summed E-state index contributed by atoms with van der Waals surface area (Å²) in [4.78, 5) is 33.5. The summed E-state index contributed by atoms with van der Waals surface area (Å²) in [5.41, 5.74) is 5.36. The maximum absolute atomic E-state index is 12.6. The van der Waals surface area contributed by atoms with Crippen LogP contribution in [0.25, 0.3) is 0 Å². The number of hydrogen-bond donors (Lipinski definition) is 3. The van der Waals surface area contributed by atoms with Crippen LogP contribution in [-0.4, -0.2) is 60.5 Å². The van der Waals surface area contributed by atoms with Crippen LogP contribution in [0.15, 0.2) is 36.5 Å². The van der Waals surface area contributed by atoms with Gasteiger partial charge in [-0.2, -0.15) is 0 Å². The van der Waals surface area contributed by atoms with Crippen LogP contribution in [0, 0.1) is 0 Å². The van der Waals surface area contributed by atoms with Crippen molar-refractivity contribution in [2.75, 3.05) is 26.4 Å². The van der Waals surface area contributed by atoms with Gasteiger partial charge in [-0.25, -0.2) is 4.57 Å². The van der Waals surface area contributed by atoms with Gasteiger partial charge in [-0.05, 0) is 70.6 Å². The highest BCUT2D eigenvalue weighted by Gasteiger charge is 2.27. The normalized spacial score (nSPS) is 14.2. The number of carboxylic acids is 1. The zero-order chi connectivity index (χ0) is 41.2.